The van der Waals surface area contributed by atoms with Gasteiger partial charge >= 0.3 is 0 Å². The molecule has 33 heavy (non-hydrogen) atoms. The molecule has 0 aliphatic carbocycles. The van der Waals surface area contributed by atoms with E-state index in [0.29, 0.717) is 37.5 Å². The van der Waals surface area contributed by atoms with E-state index in [-0.39, 0.29) is 30.2 Å². The van der Waals surface area contributed by atoms with Crippen LogP contribution in [0.1, 0.15) is 57.8 Å². The van der Waals surface area contributed by atoms with Gasteiger partial charge in [0.1, 0.15) is 5.75 Å². The van der Waals surface area contributed by atoms with E-state index in [1.807, 2.05) is 26.8 Å². The van der Waals surface area contributed by atoms with Gasteiger partial charge in [-0.2, -0.15) is 0 Å². The van der Waals surface area contributed by atoms with Gasteiger partial charge in [0.15, 0.2) is 0 Å². The topological polar surface area (TPSA) is 123 Å². The number of aliphatic hydroxyl groups is 1. The Kier molecular flexibility index (Phi) is 12.4. The number of amides is 2. The Morgan fingerprint density at radius 3 is 2.36 bits per heavy atom. The number of ether oxygens (including phenoxy) is 2. The van der Waals surface area contributed by atoms with E-state index < -0.39 is 17.6 Å². The average molecular weight is 466 g/mol. The van der Waals surface area contributed by atoms with Gasteiger partial charge in [-0.15, -0.1) is 0 Å². The molecule has 8 nitrogen and oxygen atoms in total. The van der Waals surface area contributed by atoms with E-state index in [4.69, 9.17) is 15.2 Å². The molecule has 1 rings (SSSR count). The van der Waals surface area contributed by atoms with Gasteiger partial charge in [-0.3, -0.25) is 9.59 Å². The Morgan fingerprint density at radius 2 is 1.76 bits per heavy atom. The Morgan fingerprint density at radius 1 is 1.09 bits per heavy atom. The van der Waals surface area contributed by atoms with Gasteiger partial charge in [-0.25, -0.2) is 0 Å². The quantitative estimate of drug-likeness (QED) is 0.313. The molecule has 1 aromatic rings. The summed E-state index contributed by atoms with van der Waals surface area (Å²) < 4.78 is 10.8. The van der Waals surface area contributed by atoms with Crippen molar-refractivity contribution in [2.45, 2.75) is 59.6 Å². The Balaban J connectivity index is 2.64. The fourth-order valence-electron chi connectivity index (χ4n) is 3.20. The van der Waals surface area contributed by atoms with Crippen LogP contribution < -0.4 is 21.1 Å². The zero-order valence-electron chi connectivity index (χ0n) is 21.0. The molecule has 2 amide bonds. The van der Waals surface area contributed by atoms with Crippen LogP contribution in [-0.4, -0.2) is 62.5 Å². The van der Waals surface area contributed by atoms with Crippen molar-refractivity contribution in [3.05, 3.63) is 29.8 Å². The molecule has 0 heterocycles. The number of benzene rings is 1. The smallest absolute Gasteiger partial charge is 0.255 e. The molecule has 0 bridgehead atoms. The predicted octanol–water partition coefficient (Wildman–Crippen LogP) is 2.34. The van der Waals surface area contributed by atoms with Crippen molar-refractivity contribution in [2.24, 2.45) is 23.0 Å². The molecule has 0 radical (unpaired) electrons. The van der Waals surface area contributed by atoms with E-state index in [0.717, 1.165) is 6.42 Å². The van der Waals surface area contributed by atoms with Crippen LogP contribution in [0.3, 0.4) is 0 Å². The lowest BCUT2D eigenvalue weighted by molar-refractivity contribution is -0.129. The number of hydrogen-bond donors (Lipinski definition) is 4. The van der Waals surface area contributed by atoms with Crippen LogP contribution in [0.15, 0.2) is 24.3 Å². The molecule has 5 N–H and O–H groups in total. The van der Waals surface area contributed by atoms with Crippen molar-refractivity contribution in [1.29, 1.82) is 0 Å². The van der Waals surface area contributed by atoms with Crippen molar-refractivity contribution in [3.63, 3.8) is 0 Å². The van der Waals surface area contributed by atoms with Gasteiger partial charge in [0.05, 0.1) is 18.3 Å². The number of hydrogen-bond acceptors (Lipinski definition) is 6. The minimum absolute atomic E-state index is 0.0618. The maximum absolute atomic E-state index is 12.8. The molecule has 188 valence electrons. The lowest BCUT2D eigenvalue weighted by Gasteiger charge is -2.28. The van der Waals surface area contributed by atoms with Crippen LogP contribution in [0.25, 0.3) is 0 Å². The molecule has 0 saturated carbocycles. The maximum Gasteiger partial charge on any atom is 0.255 e. The molecule has 3 unspecified atom stereocenters. The highest BCUT2D eigenvalue weighted by molar-refractivity contribution is 5.96. The minimum atomic E-state index is -0.866. The first-order valence-corrected chi connectivity index (χ1v) is 11.7. The standard InChI is InChI=1S/C25H43N3O5/c1-17(2)18(14-20(26)21(29)16-28-24(31)25(3,4)5)15-27-23(30)19-10-7-8-11-22(19)33-13-9-12-32-6/h7-8,10-11,17-18,20-21,29H,9,12-16,26H2,1-6H3,(H,27,30)(H,28,31). The second-order valence-corrected chi connectivity index (χ2v) is 9.83. The third-order valence-corrected chi connectivity index (χ3v) is 5.57. The lowest BCUT2D eigenvalue weighted by Crippen LogP contribution is -2.47. The van der Waals surface area contributed by atoms with Gasteiger partial charge in [0.25, 0.3) is 5.91 Å². The van der Waals surface area contributed by atoms with Crippen molar-refractivity contribution in [1.82, 2.24) is 10.6 Å². The van der Waals surface area contributed by atoms with E-state index in [2.05, 4.69) is 24.5 Å². The number of carbonyl (C=O) groups excluding carboxylic acids is 2. The molecule has 0 spiro atoms. The Labute approximate surface area is 198 Å². The second kappa shape index (κ2) is 14.2. The molecule has 0 saturated heterocycles. The van der Waals surface area contributed by atoms with Crippen molar-refractivity contribution in [2.75, 3.05) is 33.4 Å². The first-order chi connectivity index (χ1) is 15.5. The minimum Gasteiger partial charge on any atom is -0.493 e. The summed E-state index contributed by atoms with van der Waals surface area (Å²) in [5, 5.41) is 16.2. The molecular formula is C25H43N3O5. The number of carbonyl (C=O) groups is 2. The number of nitrogens with two attached hydrogens (primary N) is 1. The third kappa shape index (κ3) is 10.5. The van der Waals surface area contributed by atoms with E-state index in [9.17, 15) is 14.7 Å². The first-order valence-electron chi connectivity index (χ1n) is 11.7. The molecule has 0 aromatic heterocycles. The highest BCUT2D eigenvalue weighted by atomic mass is 16.5. The number of nitrogens with one attached hydrogen (secondary N) is 2. The maximum atomic E-state index is 12.8. The summed E-state index contributed by atoms with van der Waals surface area (Å²) >= 11 is 0. The van der Waals surface area contributed by atoms with Crippen LogP contribution in [-0.2, 0) is 9.53 Å². The van der Waals surface area contributed by atoms with Crippen molar-refractivity contribution < 1.29 is 24.2 Å². The fourth-order valence-corrected chi connectivity index (χ4v) is 3.20. The summed E-state index contributed by atoms with van der Waals surface area (Å²) in [5.41, 5.74) is 6.18. The van der Waals surface area contributed by atoms with E-state index >= 15 is 0 Å². The molecule has 8 heteroatoms. The average Bonchev–Trinajstić information content (AvgIpc) is 2.76. The van der Waals surface area contributed by atoms with Gasteiger partial charge in [-0.05, 0) is 30.4 Å². The number of para-hydroxylation sites is 1. The highest BCUT2D eigenvalue weighted by Gasteiger charge is 2.26. The zero-order chi connectivity index (χ0) is 25.0. The van der Waals surface area contributed by atoms with Crippen LogP contribution in [0.4, 0.5) is 0 Å². The van der Waals surface area contributed by atoms with Gasteiger partial charge in [-0.1, -0.05) is 46.8 Å². The van der Waals surface area contributed by atoms with Crippen molar-refractivity contribution >= 4 is 11.8 Å². The summed E-state index contributed by atoms with van der Waals surface area (Å²) in [6, 6.07) is 6.62. The fraction of sp³-hybridized carbons (Fsp3) is 0.680. The predicted molar refractivity (Wildman–Crippen MR) is 130 cm³/mol. The molecule has 0 fully saturated rings. The summed E-state index contributed by atoms with van der Waals surface area (Å²) in [6.45, 7) is 11.1. The number of rotatable bonds is 14. The Hall–Kier alpha value is -2.16. The van der Waals surface area contributed by atoms with Gasteiger partial charge < -0.3 is 30.9 Å². The van der Waals surface area contributed by atoms with Crippen molar-refractivity contribution in [3.8, 4) is 5.75 Å². The van der Waals surface area contributed by atoms with Gasteiger partial charge in [0, 0.05) is 44.7 Å². The normalized spacial score (nSPS) is 14.5. The van der Waals surface area contributed by atoms with Gasteiger partial charge in [0.2, 0.25) is 5.91 Å². The highest BCUT2D eigenvalue weighted by Crippen LogP contribution is 2.20. The first kappa shape index (κ1) is 28.9. The summed E-state index contributed by atoms with van der Waals surface area (Å²) in [4.78, 5) is 24.9. The molecule has 1 aromatic carbocycles. The lowest BCUT2D eigenvalue weighted by atomic mass is 9.87. The summed E-state index contributed by atoms with van der Waals surface area (Å²) in [7, 11) is 1.64. The molecule has 3 atom stereocenters. The van der Waals surface area contributed by atoms with Crippen LogP contribution >= 0.6 is 0 Å². The van der Waals surface area contributed by atoms with Crippen LogP contribution in [0.2, 0.25) is 0 Å². The van der Waals surface area contributed by atoms with Crippen LogP contribution in [0.5, 0.6) is 5.75 Å². The Bertz CT molecular complexity index is 733. The summed E-state index contributed by atoms with van der Waals surface area (Å²) in [6.07, 6.45) is 0.382. The summed E-state index contributed by atoms with van der Waals surface area (Å²) in [5.74, 6) is 0.493. The SMILES string of the molecule is COCCCOc1ccccc1C(=O)NCC(CC(N)C(O)CNC(=O)C(C)(C)C)C(C)C. The molecule has 0 aliphatic rings. The van der Waals surface area contributed by atoms with Crippen LogP contribution in [0, 0.1) is 17.3 Å². The molecule has 0 aliphatic heterocycles. The van der Waals surface area contributed by atoms with E-state index in [1.54, 1.807) is 25.3 Å². The van der Waals surface area contributed by atoms with E-state index in [1.165, 1.54) is 0 Å². The zero-order valence-corrected chi connectivity index (χ0v) is 21.0. The largest absolute Gasteiger partial charge is 0.493 e. The number of aliphatic hydroxyl groups excluding tert-OH is 1. The monoisotopic (exact) mass is 465 g/mol. The third-order valence-electron chi connectivity index (χ3n) is 5.57. The number of methoxy groups -OCH3 is 1. The second-order valence-electron chi connectivity index (χ2n) is 9.83. The molecular weight excluding hydrogens is 422 g/mol.